The van der Waals surface area contributed by atoms with Gasteiger partial charge in [-0.3, -0.25) is 0 Å². The van der Waals surface area contributed by atoms with E-state index in [2.05, 4.69) is 156 Å². The Hall–Kier alpha value is -6.10. The highest BCUT2D eigenvalue weighted by atomic mass is 32.1. The molecule has 0 aliphatic rings. The molecule has 0 aliphatic heterocycles. The normalized spacial score (nSPS) is 11.8. The predicted octanol–water partition coefficient (Wildman–Crippen LogP) is 12.1. The van der Waals surface area contributed by atoms with Crippen molar-refractivity contribution in [2.24, 2.45) is 0 Å². The van der Waals surface area contributed by atoms with E-state index in [-0.39, 0.29) is 0 Å². The molecule has 7 aromatic carbocycles. The fourth-order valence-electron chi connectivity index (χ4n) is 7.27. The van der Waals surface area contributed by atoms with E-state index in [0.717, 1.165) is 33.8 Å². The van der Waals surface area contributed by atoms with E-state index in [1.54, 1.807) is 0 Å². The maximum atomic E-state index is 5.15. The van der Waals surface area contributed by atoms with Crippen molar-refractivity contribution in [2.45, 2.75) is 0 Å². The number of benzene rings is 7. The first-order valence-corrected chi connectivity index (χ1v) is 17.0. The van der Waals surface area contributed by atoms with Gasteiger partial charge in [-0.2, -0.15) is 0 Å². The zero-order valence-corrected chi connectivity index (χ0v) is 26.7. The Morgan fingerprint density at radius 2 is 1.00 bits per heavy atom. The summed E-state index contributed by atoms with van der Waals surface area (Å²) in [4.78, 5) is 10.3. The number of thiophene rings is 1. The maximum Gasteiger partial charge on any atom is 0.160 e. The summed E-state index contributed by atoms with van der Waals surface area (Å²) < 4.78 is 5.06. The first-order chi connectivity index (χ1) is 23.8. The molecule has 0 N–H and O–H groups in total. The van der Waals surface area contributed by atoms with Gasteiger partial charge in [0.2, 0.25) is 0 Å². The van der Waals surface area contributed by atoms with Gasteiger partial charge >= 0.3 is 0 Å². The standard InChI is InChI=1S/C44H27N3S/c1-3-14-28(15-4-1)36-27-37(29-16-5-2-6-17-29)46-44(45-36)30-18-13-19-31(26-30)47-38-24-11-9-22-34(38)40-32-20-7-8-21-33(32)41-35-23-10-12-25-39(35)48-43(41)42(40)47/h1-27H. The molecule has 3 nitrogen and oxygen atoms in total. The summed E-state index contributed by atoms with van der Waals surface area (Å²) in [6, 6.07) is 58.0. The quantitative estimate of drug-likeness (QED) is 0.194. The van der Waals surface area contributed by atoms with Crippen molar-refractivity contribution in [3.05, 3.63) is 164 Å². The lowest BCUT2D eigenvalue weighted by molar-refractivity contribution is 1.16. The van der Waals surface area contributed by atoms with Crippen LogP contribution in [0.15, 0.2) is 164 Å². The van der Waals surface area contributed by atoms with Crippen molar-refractivity contribution in [3.8, 4) is 39.6 Å². The average molecular weight is 630 g/mol. The van der Waals surface area contributed by atoms with Crippen molar-refractivity contribution < 1.29 is 0 Å². The van der Waals surface area contributed by atoms with Crippen molar-refractivity contribution in [2.75, 3.05) is 0 Å². The van der Waals surface area contributed by atoms with E-state index in [4.69, 9.17) is 9.97 Å². The van der Waals surface area contributed by atoms with Gasteiger partial charge in [-0.1, -0.05) is 133 Å². The van der Waals surface area contributed by atoms with Crippen LogP contribution in [0.4, 0.5) is 0 Å². The van der Waals surface area contributed by atoms with Crippen LogP contribution in [0.2, 0.25) is 0 Å². The Morgan fingerprint density at radius 3 is 1.71 bits per heavy atom. The SMILES string of the molecule is c1ccc(-c2cc(-c3ccccc3)nc(-c3cccc(-n4c5ccccc5c5c6ccccc6c6c7ccccc7sc6c54)c3)n2)cc1. The third kappa shape index (κ3) is 4.13. The molecule has 0 fully saturated rings. The number of fused-ring (bicyclic) bond motifs is 10. The molecule has 0 saturated carbocycles. The molecule has 4 heteroatoms. The first kappa shape index (κ1) is 27.1. The zero-order chi connectivity index (χ0) is 31.6. The Kier molecular flexibility index (Phi) is 6.05. The van der Waals surface area contributed by atoms with Crippen molar-refractivity contribution in [1.29, 1.82) is 0 Å². The zero-order valence-electron chi connectivity index (χ0n) is 25.8. The number of para-hydroxylation sites is 1. The third-order valence-electron chi connectivity index (χ3n) is 9.38. The second-order valence-corrected chi connectivity index (χ2v) is 13.2. The van der Waals surface area contributed by atoms with E-state index in [0.29, 0.717) is 5.82 Å². The second-order valence-electron chi connectivity index (χ2n) is 12.2. The van der Waals surface area contributed by atoms with Crippen LogP contribution in [-0.2, 0) is 0 Å². The van der Waals surface area contributed by atoms with Gasteiger partial charge in [0.15, 0.2) is 5.82 Å². The largest absolute Gasteiger partial charge is 0.308 e. The fraction of sp³-hybridized carbons (Fsp3) is 0. The molecule has 10 rings (SSSR count). The maximum absolute atomic E-state index is 5.15. The molecule has 224 valence electrons. The van der Waals surface area contributed by atoms with E-state index in [9.17, 15) is 0 Å². The molecule has 10 aromatic rings. The van der Waals surface area contributed by atoms with E-state index in [1.165, 1.54) is 52.8 Å². The molecule has 3 heterocycles. The molecule has 0 saturated heterocycles. The van der Waals surface area contributed by atoms with Gasteiger partial charge in [-0.05, 0) is 41.1 Å². The number of hydrogen-bond acceptors (Lipinski definition) is 3. The lowest BCUT2D eigenvalue weighted by Crippen LogP contribution is -1.98. The molecule has 48 heavy (non-hydrogen) atoms. The van der Waals surface area contributed by atoms with E-state index in [1.807, 2.05) is 23.5 Å². The summed E-state index contributed by atoms with van der Waals surface area (Å²) in [5.41, 5.74) is 8.42. The lowest BCUT2D eigenvalue weighted by atomic mass is 9.99. The number of rotatable bonds is 4. The summed E-state index contributed by atoms with van der Waals surface area (Å²) in [6.07, 6.45) is 0. The van der Waals surface area contributed by atoms with Crippen LogP contribution in [0, 0.1) is 0 Å². The third-order valence-corrected chi connectivity index (χ3v) is 10.6. The minimum Gasteiger partial charge on any atom is -0.308 e. The fourth-order valence-corrected chi connectivity index (χ4v) is 8.53. The van der Waals surface area contributed by atoms with Crippen LogP contribution in [-0.4, -0.2) is 14.5 Å². The Morgan fingerprint density at radius 1 is 0.438 bits per heavy atom. The summed E-state index contributed by atoms with van der Waals surface area (Å²) in [7, 11) is 0. The van der Waals surface area contributed by atoms with Crippen LogP contribution in [0.1, 0.15) is 0 Å². The van der Waals surface area contributed by atoms with Crippen LogP contribution < -0.4 is 0 Å². The summed E-state index contributed by atoms with van der Waals surface area (Å²) >= 11 is 1.88. The summed E-state index contributed by atoms with van der Waals surface area (Å²) in [6.45, 7) is 0. The molecule has 0 atom stereocenters. The highest BCUT2D eigenvalue weighted by molar-refractivity contribution is 7.27. The topological polar surface area (TPSA) is 30.7 Å². The highest BCUT2D eigenvalue weighted by Gasteiger charge is 2.22. The molecule has 0 aliphatic carbocycles. The molecular weight excluding hydrogens is 603 g/mol. The molecule has 0 spiro atoms. The van der Waals surface area contributed by atoms with Crippen LogP contribution in [0.3, 0.4) is 0 Å². The van der Waals surface area contributed by atoms with Crippen molar-refractivity contribution in [1.82, 2.24) is 14.5 Å². The highest BCUT2D eigenvalue weighted by Crippen LogP contribution is 2.47. The van der Waals surface area contributed by atoms with Gasteiger partial charge < -0.3 is 4.57 Å². The van der Waals surface area contributed by atoms with E-state index >= 15 is 0 Å². The van der Waals surface area contributed by atoms with Gasteiger partial charge in [0.1, 0.15) is 0 Å². The van der Waals surface area contributed by atoms with Crippen LogP contribution in [0.25, 0.3) is 92.3 Å². The Bertz CT molecular complexity index is 2770. The smallest absolute Gasteiger partial charge is 0.160 e. The Labute approximate surface area is 281 Å². The molecular formula is C44H27N3S. The van der Waals surface area contributed by atoms with Crippen molar-refractivity contribution >= 4 is 64.1 Å². The number of hydrogen-bond donors (Lipinski definition) is 0. The summed E-state index contributed by atoms with van der Waals surface area (Å²) in [5, 5.41) is 7.75. The van der Waals surface area contributed by atoms with E-state index < -0.39 is 0 Å². The van der Waals surface area contributed by atoms with Gasteiger partial charge in [0, 0.05) is 48.6 Å². The molecule has 0 radical (unpaired) electrons. The van der Waals surface area contributed by atoms with Gasteiger partial charge in [0.05, 0.1) is 27.1 Å². The van der Waals surface area contributed by atoms with Gasteiger partial charge in [0.25, 0.3) is 0 Å². The second kappa shape index (κ2) is 10.7. The molecule has 3 aromatic heterocycles. The first-order valence-electron chi connectivity index (χ1n) is 16.2. The number of aromatic nitrogens is 3. The minimum atomic E-state index is 0.704. The van der Waals surface area contributed by atoms with Gasteiger partial charge in [-0.25, -0.2) is 9.97 Å². The van der Waals surface area contributed by atoms with Gasteiger partial charge in [-0.15, -0.1) is 11.3 Å². The molecule has 0 bridgehead atoms. The molecule has 0 unspecified atom stereocenters. The lowest BCUT2D eigenvalue weighted by Gasteiger charge is -2.13. The van der Waals surface area contributed by atoms with Crippen LogP contribution in [0.5, 0.6) is 0 Å². The van der Waals surface area contributed by atoms with Crippen LogP contribution >= 0.6 is 11.3 Å². The number of nitrogens with zero attached hydrogens (tertiary/aromatic N) is 3. The predicted molar refractivity (Wildman–Crippen MR) is 203 cm³/mol. The molecule has 0 amide bonds. The van der Waals surface area contributed by atoms with Crippen molar-refractivity contribution in [3.63, 3.8) is 0 Å². The Balaban J connectivity index is 1.28. The summed E-state index contributed by atoms with van der Waals surface area (Å²) in [5.74, 6) is 0.704. The minimum absolute atomic E-state index is 0.704. The monoisotopic (exact) mass is 629 g/mol. The average Bonchev–Trinajstić information content (AvgIpc) is 3.73.